The average Bonchev–Trinajstić information content (AvgIpc) is 2.60. The highest BCUT2D eigenvalue weighted by Gasteiger charge is 2.09. The Morgan fingerprint density at radius 1 is 1.26 bits per heavy atom. The van der Waals surface area contributed by atoms with Crippen LogP contribution in [0.3, 0.4) is 0 Å². The summed E-state index contributed by atoms with van der Waals surface area (Å²) in [6.07, 6.45) is 1.61. The number of methoxy groups -OCH3 is 1. The van der Waals surface area contributed by atoms with Crippen molar-refractivity contribution in [3.05, 3.63) is 70.3 Å². The van der Waals surface area contributed by atoms with E-state index in [9.17, 15) is 9.59 Å². The summed E-state index contributed by atoms with van der Waals surface area (Å²) < 4.78 is 5.04. The Kier molecular flexibility index (Phi) is 4.05. The van der Waals surface area contributed by atoms with Gasteiger partial charge >= 0.3 is 0 Å². The maximum atomic E-state index is 12.2. The van der Waals surface area contributed by atoms with Gasteiger partial charge in [0.25, 0.3) is 11.5 Å². The number of aromatic nitrogens is 2. The van der Waals surface area contributed by atoms with Gasteiger partial charge in [0.1, 0.15) is 5.69 Å². The van der Waals surface area contributed by atoms with E-state index in [0.717, 1.165) is 10.9 Å². The Hall–Kier alpha value is -3.15. The number of benzene rings is 1. The van der Waals surface area contributed by atoms with Crippen molar-refractivity contribution in [2.24, 2.45) is 0 Å². The molecule has 0 bridgehead atoms. The van der Waals surface area contributed by atoms with E-state index in [-0.39, 0.29) is 17.2 Å². The number of rotatable bonds is 4. The molecule has 6 nitrogen and oxygen atoms in total. The molecule has 1 aromatic carbocycles. The maximum absolute atomic E-state index is 12.2. The Morgan fingerprint density at radius 2 is 2.09 bits per heavy atom. The van der Waals surface area contributed by atoms with Gasteiger partial charge in [0.05, 0.1) is 7.11 Å². The summed E-state index contributed by atoms with van der Waals surface area (Å²) in [5, 5.41) is 4.05. The van der Waals surface area contributed by atoms with Crippen LogP contribution >= 0.6 is 0 Å². The minimum absolute atomic E-state index is 0.231. The molecule has 0 aliphatic carbocycles. The number of aromatic amines is 1. The molecule has 2 N–H and O–H groups in total. The van der Waals surface area contributed by atoms with Crippen LogP contribution in [-0.4, -0.2) is 23.0 Å². The third-order valence-electron chi connectivity index (χ3n) is 3.46. The number of pyridine rings is 2. The van der Waals surface area contributed by atoms with Crippen molar-refractivity contribution < 1.29 is 9.53 Å². The fourth-order valence-corrected chi connectivity index (χ4v) is 2.28. The van der Waals surface area contributed by atoms with Gasteiger partial charge in [-0.1, -0.05) is 18.2 Å². The summed E-state index contributed by atoms with van der Waals surface area (Å²) in [6, 6.07) is 12.3. The van der Waals surface area contributed by atoms with Crippen LogP contribution in [0.1, 0.15) is 16.1 Å². The molecule has 3 rings (SSSR count). The highest BCUT2D eigenvalue weighted by Crippen LogP contribution is 2.11. The lowest BCUT2D eigenvalue weighted by atomic mass is 10.1. The number of hydrogen-bond acceptors (Lipinski definition) is 4. The molecule has 0 unspecified atom stereocenters. The number of nitrogens with one attached hydrogen (secondary N) is 2. The topological polar surface area (TPSA) is 84.1 Å². The van der Waals surface area contributed by atoms with E-state index in [0.29, 0.717) is 17.8 Å². The maximum Gasteiger partial charge on any atom is 0.268 e. The molecule has 2 aromatic heterocycles. The highest BCUT2D eigenvalue weighted by molar-refractivity contribution is 5.96. The number of carbonyl (C=O) groups excluding carboxylic acids is 1. The summed E-state index contributed by atoms with van der Waals surface area (Å²) in [5.41, 5.74) is 0.807. The lowest BCUT2D eigenvalue weighted by Gasteiger charge is -2.07. The second-order valence-electron chi connectivity index (χ2n) is 4.99. The van der Waals surface area contributed by atoms with E-state index < -0.39 is 0 Å². The number of ether oxygens (including phenoxy) is 1. The minimum Gasteiger partial charge on any atom is -0.481 e. The van der Waals surface area contributed by atoms with E-state index in [2.05, 4.69) is 15.3 Å². The van der Waals surface area contributed by atoms with Gasteiger partial charge in [0.2, 0.25) is 5.88 Å². The van der Waals surface area contributed by atoms with Gasteiger partial charge in [-0.3, -0.25) is 9.59 Å². The van der Waals surface area contributed by atoms with Crippen LogP contribution in [0.15, 0.2) is 53.5 Å². The fraction of sp³-hybridized carbons (Fsp3) is 0.118. The van der Waals surface area contributed by atoms with Gasteiger partial charge in [-0.15, -0.1) is 0 Å². The molecular formula is C17H15N3O3. The van der Waals surface area contributed by atoms with Gasteiger partial charge in [0, 0.05) is 24.2 Å². The Balaban J connectivity index is 1.79. The number of carbonyl (C=O) groups is 1. The average molecular weight is 309 g/mol. The van der Waals surface area contributed by atoms with Crippen molar-refractivity contribution in [1.29, 1.82) is 0 Å². The molecule has 1 amide bonds. The Labute approximate surface area is 132 Å². The first kappa shape index (κ1) is 14.8. The fourth-order valence-electron chi connectivity index (χ4n) is 2.28. The van der Waals surface area contributed by atoms with Crippen LogP contribution in [-0.2, 0) is 6.54 Å². The van der Waals surface area contributed by atoms with E-state index in [1.165, 1.54) is 7.11 Å². The van der Waals surface area contributed by atoms with E-state index in [4.69, 9.17) is 4.74 Å². The van der Waals surface area contributed by atoms with E-state index in [1.54, 1.807) is 42.6 Å². The van der Waals surface area contributed by atoms with Crippen molar-refractivity contribution in [2.45, 2.75) is 6.54 Å². The number of amides is 1. The molecule has 116 valence electrons. The molecule has 2 heterocycles. The molecule has 0 radical (unpaired) electrons. The smallest absolute Gasteiger partial charge is 0.268 e. The lowest BCUT2D eigenvalue weighted by Crippen LogP contribution is -2.26. The molecule has 0 saturated carbocycles. The number of nitrogens with zero attached hydrogens (tertiary/aromatic N) is 1. The molecule has 0 spiro atoms. The van der Waals surface area contributed by atoms with Gasteiger partial charge in [-0.05, 0) is 29.1 Å². The number of fused-ring (bicyclic) bond motifs is 1. The molecule has 0 atom stereocenters. The van der Waals surface area contributed by atoms with Gasteiger partial charge < -0.3 is 15.0 Å². The molecule has 3 aromatic rings. The lowest BCUT2D eigenvalue weighted by molar-refractivity contribution is 0.0946. The van der Waals surface area contributed by atoms with Crippen molar-refractivity contribution in [2.75, 3.05) is 7.11 Å². The zero-order chi connectivity index (χ0) is 16.2. The summed E-state index contributed by atoms with van der Waals surface area (Å²) in [4.78, 5) is 30.9. The van der Waals surface area contributed by atoms with Crippen molar-refractivity contribution >= 4 is 16.7 Å². The number of H-pyrrole nitrogens is 1. The van der Waals surface area contributed by atoms with Gasteiger partial charge in [-0.25, -0.2) is 4.98 Å². The highest BCUT2D eigenvalue weighted by atomic mass is 16.5. The first-order valence-electron chi connectivity index (χ1n) is 7.06. The second-order valence-corrected chi connectivity index (χ2v) is 4.99. The summed E-state index contributed by atoms with van der Waals surface area (Å²) >= 11 is 0. The SMILES string of the molecule is COc1cc(CNC(=O)c2cc3ccccc3c(=O)[nH]2)ccn1. The quantitative estimate of drug-likeness (QED) is 0.770. The van der Waals surface area contributed by atoms with Crippen molar-refractivity contribution in [3.8, 4) is 5.88 Å². The third-order valence-corrected chi connectivity index (χ3v) is 3.46. The first-order chi connectivity index (χ1) is 11.2. The molecule has 0 aliphatic rings. The first-order valence-corrected chi connectivity index (χ1v) is 7.06. The van der Waals surface area contributed by atoms with Crippen LogP contribution in [0.2, 0.25) is 0 Å². The predicted molar refractivity (Wildman–Crippen MR) is 86.5 cm³/mol. The van der Waals surface area contributed by atoms with Crippen LogP contribution in [0.5, 0.6) is 5.88 Å². The monoisotopic (exact) mass is 309 g/mol. The zero-order valence-electron chi connectivity index (χ0n) is 12.5. The van der Waals surface area contributed by atoms with Crippen LogP contribution in [0.25, 0.3) is 10.8 Å². The van der Waals surface area contributed by atoms with E-state index >= 15 is 0 Å². The summed E-state index contributed by atoms with van der Waals surface area (Å²) in [7, 11) is 1.53. The molecular weight excluding hydrogens is 294 g/mol. The second kappa shape index (κ2) is 6.31. The van der Waals surface area contributed by atoms with Gasteiger partial charge in [0.15, 0.2) is 0 Å². The third kappa shape index (κ3) is 3.21. The predicted octanol–water partition coefficient (Wildman–Crippen LogP) is 1.86. The molecule has 0 aliphatic heterocycles. The summed E-state index contributed by atoms with van der Waals surface area (Å²) in [5.74, 6) is 0.138. The van der Waals surface area contributed by atoms with Crippen LogP contribution in [0.4, 0.5) is 0 Å². The molecule has 0 fully saturated rings. The Morgan fingerprint density at radius 3 is 2.91 bits per heavy atom. The van der Waals surface area contributed by atoms with Crippen LogP contribution in [0, 0.1) is 0 Å². The molecule has 6 heteroatoms. The zero-order valence-corrected chi connectivity index (χ0v) is 12.5. The van der Waals surface area contributed by atoms with Gasteiger partial charge in [-0.2, -0.15) is 0 Å². The largest absolute Gasteiger partial charge is 0.481 e. The number of hydrogen-bond donors (Lipinski definition) is 2. The normalized spacial score (nSPS) is 10.5. The van der Waals surface area contributed by atoms with Crippen molar-refractivity contribution in [1.82, 2.24) is 15.3 Å². The minimum atomic E-state index is -0.344. The molecule has 23 heavy (non-hydrogen) atoms. The standard InChI is InChI=1S/C17H15N3O3/c1-23-15-8-11(6-7-18-15)10-19-17(22)14-9-12-4-2-3-5-13(12)16(21)20-14/h2-9H,10H2,1H3,(H,19,22)(H,20,21). The molecule has 0 saturated heterocycles. The van der Waals surface area contributed by atoms with Crippen molar-refractivity contribution in [3.63, 3.8) is 0 Å². The Bertz CT molecular complexity index is 918. The van der Waals surface area contributed by atoms with E-state index in [1.807, 2.05) is 6.07 Å². The van der Waals surface area contributed by atoms with Crippen LogP contribution < -0.4 is 15.6 Å². The summed E-state index contributed by atoms with van der Waals surface area (Å²) in [6.45, 7) is 0.312.